The minimum absolute atomic E-state index is 0.225. The van der Waals surface area contributed by atoms with Crippen LogP contribution in [0.5, 0.6) is 5.75 Å². The van der Waals surface area contributed by atoms with Crippen molar-refractivity contribution in [2.75, 3.05) is 26.2 Å². The third-order valence-electron chi connectivity index (χ3n) is 4.38. The van der Waals surface area contributed by atoms with Gasteiger partial charge in [-0.3, -0.25) is 0 Å². The molecule has 0 radical (unpaired) electrons. The summed E-state index contributed by atoms with van der Waals surface area (Å²) in [6, 6.07) is 6.29. The van der Waals surface area contributed by atoms with Crippen molar-refractivity contribution in [3.63, 3.8) is 0 Å². The Morgan fingerprint density at radius 1 is 1.43 bits per heavy atom. The van der Waals surface area contributed by atoms with Crippen LogP contribution in [0.15, 0.2) is 23.3 Å². The number of nitrogens with one attached hydrogen (secondary N) is 1. The molecule has 0 saturated carbocycles. The highest BCUT2D eigenvalue weighted by molar-refractivity contribution is 6.32. The van der Waals surface area contributed by atoms with Crippen LogP contribution in [0, 0.1) is 5.92 Å². The zero-order valence-corrected chi connectivity index (χ0v) is 13.4. The first-order valence-electron chi connectivity index (χ1n) is 7.69. The average Bonchev–Trinajstić information content (AvgIpc) is 2.92. The van der Waals surface area contributed by atoms with Crippen LogP contribution in [-0.2, 0) is 0 Å². The molecule has 2 aliphatic heterocycles. The molecule has 3 rings (SSSR count). The number of halogens is 1. The van der Waals surface area contributed by atoms with Crippen molar-refractivity contribution >= 4 is 17.3 Å². The predicted molar refractivity (Wildman–Crippen MR) is 86.2 cm³/mol. The lowest BCUT2D eigenvalue weighted by molar-refractivity contribution is 0.238. The molecule has 0 bridgehead atoms. The first-order valence-corrected chi connectivity index (χ1v) is 8.07. The van der Waals surface area contributed by atoms with E-state index in [1.165, 1.54) is 11.3 Å². The molecule has 0 spiro atoms. The van der Waals surface area contributed by atoms with E-state index in [2.05, 4.69) is 28.4 Å². The first kappa shape index (κ1) is 14.7. The molecule has 1 aromatic rings. The summed E-state index contributed by atoms with van der Waals surface area (Å²) in [5, 5.41) is 5.21. The van der Waals surface area contributed by atoms with E-state index in [-0.39, 0.29) is 6.04 Å². The number of hydrazone groups is 1. The molecule has 2 atom stereocenters. The van der Waals surface area contributed by atoms with Crippen molar-refractivity contribution in [3.05, 3.63) is 28.8 Å². The topological polar surface area (TPSA) is 36.9 Å². The number of piperidine rings is 1. The van der Waals surface area contributed by atoms with E-state index < -0.39 is 0 Å². The maximum absolute atomic E-state index is 6.32. The molecule has 0 amide bonds. The van der Waals surface area contributed by atoms with E-state index in [1.54, 1.807) is 0 Å². The molecule has 5 heteroatoms. The lowest BCUT2D eigenvalue weighted by Crippen LogP contribution is -2.41. The molecule has 21 heavy (non-hydrogen) atoms. The average molecular weight is 308 g/mol. The Hall–Kier alpha value is -1.26. The summed E-state index contributed by atoms with van der Waals surface area (Å²) >= 11 is 6.32. The van der Waals surface area contributed by atoms with Gasteiger partial charge < -0.3 is 15.1 Å². The van der Waals surface area contributed by atoms with Gasteiger partial charge in [0.15, 0.2) is 0 Å². The number of rotatable bonds is 4. The molecule has 1 aromatic carbocycles. The summed E-state index contributed by atoms with van der Waals surface area (Å²) in [4.78, 5) is 2.49. The van der Waals surface area contributed by atoms with Crippen molar-refractivity contribution in [2.24, 2.45) is 11.0 Å². The molecule has 2 unspecified atom stereocenters. The largest absolute Gasteiger partial charge is 0.492 e. The number of nitrogens with zero attached hydrogens (tertiary/aromatic N) is 2. The third-order valence-corrected chi connectivity index (χ3v) is 4.67. The predicted octanol–water partition coefficient (Wildman–Crippen LogP) is 3.08. The van der Waals surface area contributed by atoms with Crippen LogP contribution >= 0.6 is 11.6 Å². The minimum atomic E-state index is 0.225. The molecule has 1 saturated heterocycles. The van der Waals surface area contributed by atoms with E-state index in [1.807, 2.05) is 19.1 Å². The summed E-state index contributed by atoms with van der Waals surface area (Å²) in [6.07, 6.45) is 1.06. The zero-order valence-electron chi connectivity index (χ0n) is 12.6. The van der Waals surface area contributed by atoms with Gasteiger partial charge in [0.05, 0.1) is 17.7 Å². The second-order valence-electron chi connectivity index (χ2n) is 5.58. The monoisotopic (exact) mass is 307 g/mol. The highest BCUT2D eigenvalue weighted by Crippen LogP contribution is 2.35. The Bertz CT molecular complexity index is 546. The Kier molecular flexibility index (Phi) is 4.36. The SMILES string of the molecule is CCOc1ccc(C2NN=C3CCN(CC)CC32)cc1Cl. The van der Waals surface area contributed by atoms with Crippen molar-refractivity contribution in [3.8, 4) is 5.75 Å². The third kappa shape index (κ3) is 2.87. The van der Waals surface area contributed by atoms with Crippen molar-refractivity contribution < 1.29 is 4.74 Å². The molecule has 114 valence electrons. The number of likely N-dealkylation sites (tertiary alicyclic amines) is 1. The zero-order chi connectivity index (χ0) is 14.8. The van der Waals surface area contributed by atoms with Gasteiger partial charge in [-0.15, -0.1) is 0 Å². The molecule has 1 fully saturated rings. The normalized spacial score (nSPS) is 25.2. The van der Waals surface area contributed by atoms with Crippen LogP contribution < -0.4 is 10.2 Å². The van der Waals surface area contributed by atoms with E-state index in [0.29, 0.717) is 17.5 Å². The van der Waals surface area contributed by atoms with E-state index >= 15 is 0 Å². The van der Waals surface area contributed by atoms with Crippen LogP contribution in [0.1, 0.15) is 31.9 Å². The van der Waals surface area contributed by atoms with Gasteiger partial charge in [0.25, 0.3) is 0 Å². The number of ether oxygens (including phenoxy) is 1. The summed E-state index contributed by atoms with van der Waals surface area (Å²) in [7, 11) is 0. The molecule has 4 nitrogen and oxygen atoms in total. The fourth-order valence-corrected chi connectivity index (χ4v) is 3.43. The number of hydrogen-bond acceptors (Lipinski definition) is 4. The Balaban J connectivity index is 1.79. The summed E-state index contributed by atoms with van der Waals surface area (Å²) < 4.78 is 5.51. The molecule has 1 N–H and O–H groups in total. The second-order valence-corrected chi connectivity index (χ2v) is 5.99. The lowest BCUT2D eigenvalue weighted by Gasteiger charge is -2.32. The summed E-state index contributed by atoms with van der Waals surface area (Å²) in [6.45, 7) is 8.09. The summed E-state index contributed by atoms with van der Waals surface area (Å²) in [5.74, 6) is 1.20. The number of hydrogen-bond donors (Lipinski definition) is 1. The molecule has 2 aliphatic rings. The van der Waals surface area contributed by atoms with Gasteiger partial charge in [-0.05, 0) is 31.2 Å². The fourth-order valence-electron chi connectivity index (χ4n) is 3.19. The fraction of sp³-hybridized carbons (Fsp3) is 0.562. The van der Waals surface area contributed by atoms with E-state index in [4.69, 9.17) is 16.3 Å². The smallest absolute Gasteiger partial charge is 0.137 e. The quantitative estimate of drug-likeness (QED) is 0.929. The first-order chi connectivity index (χ1) is 10.2. The van der Waals surface area contributed by atoms with Crippen LogP contribution in [0.2, 0.25) is 5.02 Å². The van der Waals surface area contributed by atoms with Gasteiger partial charge in [-0.1, -0.05) is 24.6 Å². The molecular formula is C16H22ClN3O. The van der Waals surface area contributed by atoms with E-state index in [9.17, 15) is 0 Å². The molecule has 0 aliphatic carbocycles. The van der Waals surface area contributed by atoms with Crippen molar-refractivity contribution in [2.45, 2.75) is 26.3 Å². The van der Waals surface area contributed by atoms with Gasteiger partial charge in [-0.25, -0.2) is 0 Å². The Morgan fingerprint density at radius 3 is 3.00 bits per heavy atom. The van der Waals surface area contributed by atoms with Crippen LogP contribution in [0.25, 0.3) is 0 Å². The Morgan fingerprint density at radius 2 is 2.29 bits per heavy atom. The highest BCUT2D eigenvalue weighted by Gasteiger charge is 2.36. The van der Waals surface area contributed by atoms with Crippen LogP contribution in [0.4, 0.5) is 0 Å². The number of fused-ring (bicyclic) bond motifs is 1. The Labute approximate surface area is 131 Å². The minimum Gasteiger partial charge on any atom is -0.492 e. The summed E-state index contributed by atoms with van der Waals surface area (Å²) in [5.41, 5.74) is 5.79. The van der Waals surface area contributed by atoms with Crippen LogP contribution in [0.3, 0.4) is 0 Å². The standard InChI is InChI=1S/C16H22ClN3O/c1-3-20-8-7-14-12(10-20)16(19-18-14)11-5-6-15(21-4-2)13(17)9-11/h5-6,9,12,16,19H,3-4,7-8,10H2,1-2H3. The van der Waals surface area contributed by atoms with Crippen LogP contribution in [-0.4, -0.2) is 36.9 Å². The van der Waals surface area contributed by atoms with Gasteiger partial charge >= 0.3 is 0 Å². The van der Waals surface area contributed by atoms with Crippen molar-refractivity contribution in [1.82, 2.24) is 10.3 Å². The molecule has 0 aromatic heterocycles. The maximum Gasteiger partial charge on any atom is 0.137 e. The van der Waals surface area contributed by atoms with Gasteiger partial charge in [0, 0.05) is 31.1 Å². The lowest BCUT2D eigenvalue weighted by atomic mass is 9.86. The second kappa shape index (κ2) is 6.24. The highest BCUT2D eigenvalue weighted by atomic mass is 35.5. The number of benzene rings is 1. The van der Waals surface area contributed by atoms with Gasteiger partial charge in [-0.2, -0.15) is 5.10 Å². The molecular weight excluding hydrogens is 286 g/mol. The van der Waals surface area contributed by atoms with Crippen molar-refractivity contribution in [1.29, 1.82) is 0 Å². The van der Waals surface area contributed by atoms with Gasteiger partial charge in [0.2, 0.25) is 0 Å². The van der Waals surface area contributed by atoms with E-state index in [0.717, 1.165) is 31.8 Å². The molecule has 2 heterocycles. The van der Waals surface area contributed by atoms with Gasteiger partial charge in [0.1, 0.15) is 5.75 Å². The maximum atomic E-state index is 6.32.